The Morgan fingerprint density at radius 3 is 2.50 bits per heavy atom. The summed E-state index contributed by atoms with van der Waals surface area (Å²) in [5.41, 5.74) is 1.48. The minimum Gasteiger partial charge on any atom is -0.497 e. The molecular formula is C16H15BrO3. The molecule has 0 atom stereocenters. The minimum absolute atomic E-state index is 0.00681. The molecule has 2 aromatic rings. The summed E-state index contributed by atoms with van der Waals surface area (Å²) < 4.78 is 11.3. The summed E-state index contributed by atoms with van der Waals surface area (Å²) >= 11 is 3.45. The van der Waals surface area contributed by atoms with Crippen molar-refractivity contribution in [2.45, 2.75) is 6.42 Å². The summed E-state index contributed by atoms with van der Waals surface area (Å²) in [7, 11) is 3.13. The summed E-state index contributed by atoms with van der Waals surface area (Å²) in [5, 5.41) is 0. The number of carbonyl (C=O) groups is 1. The predicted molar refractivity (Wildman–Crippen MR) is 81.7 cm³/mol. The molecule has 0 saturated carbocycles. The first kappa shape index (κ1) is 14.6. The topological polar surface area (TPSA) is 35.5 Å². The highest BCUT2D eigenvalue weighted by atomic mass is 79.9. The summed E-state index contributed by atoms with van der Waals surface area (Å²) in [6.07, 6.45) is 0.310. The number of halogens is 1. The number of hydrogen-bond donors (Lipinski definition) is 0. The van der Waals surface area contributed by atoms with Crippen molar-refractivity contribution < 1.29 is 14.3 Å². The Balaban J connectivity index is 2.31. The van der Waals surface area contributed by atoms with Gasteiger partial charge in [0.1, 0.15) is 11.5 Å². The van der Waals surface area contributed by atoms with Gasteiger partial charge in [-0.3, -0.25) is 4.79 Å². The van der Waals surface area contributed by atoms with Crippen molar-refractivity contribution in [3.8, 4) is 11.5 Å². The van der Waals surface area contributed by atoms with E-state index in [4.69, 9.17) is 9.47 Å². The lowest BCUT2D eigenvalue weighted by Crippen LogP contribution is -2.06. The normalized spacial score (nSPS) is 10.2. The summed E-state index contributed by atoms with van der Waals surface area (Å²) in [6.45, 7) is 0. The summed E-state index contributed by atoms with van der Waals surface area (Å²) in [4.78, 5) is 12.5. The van der Waals surface area contributed by atoms with Gasteiger partial charge in [0.25, 0.3) is 0 Å². The molecule has 0 bridgehead atoms. The average molecular weight is 335 g/mol. The van der Waals surface area contributed by atoms with Gasteiger partial charge in [-0.15, -0.1) is 0 Å². The van der Waals surface area contributed by atoms with Gasteiger partial charge in [0.2, 0.25) is 0 Å². The van der Waals surface area contributed by atoms with Crippen molar-refractivity contribution in [3.05, 3.63) is 58.1 Å². The second-order valence-electron chi connectivity index (χ2n) is 4.26. The number of ketones is 1. The molecule has 0 amide bonds. The zero-order chi connectivity index (χ0) is 14.5. The molecule has 0 heterocycles. The van der Waals surface area contributed by atoms with Gasteiger partial charge in [-0.2, -0.15) is 0 Å². The van der Waals surface area contributed by atoms with Crippen molar-refractivity contribution in [2.24, 2.45) is 0 Å². The first-order valence-electron chi connectivity index (χ1n) is 6.14. The van der Waals surface area contributed by atoms with E-state index in [1.807, 2.05) is 24.3 Å². The zero-order valence-electron chi connectivity index (χ0n) is 11.4. The van der Waals surface area contributed by atoms with Gasteiger partial charge in [-0.1, -0.05) is 34.1 Å². The largest absolute Gasteiger partial charge is 0.497 e. The summed E-state index contributed by atoms with van der Waals surface area (Å²) in [6, 6.07) is 12.9. The van der Waals surface area contributed by atoms with Crippen LogP contribution in [-0.4, -0.2) is 20.0 Å². The molecule has 0 aliphatic rings. The van der Waals surface area contributed by atoms with Crippen LogP contribution in [-0.2, 0) is 6.42 Å². The fraction of sp³-hybridized carbons (Fsp3) is 0.188. The number of ether oxygens (including phenoxy) is 2. The molecule has 0 saturated heterocycles. The van der Waals surface area contributed by atoms with Gasteiger partial charge >= 0.3 is 0 Å². The highest BCUT2D eigenvalue weighted by molar-refractivity contribution is 9.10. The van der Waals surface area contributed by atoms with E-state index >= 15 is 0 Å². The molecule has 0 aliphatic carbocycles. The molecule has 0 radical (unpaired) electrons. The van der Waals surface area contributed by atoms with Crippen LogP contribution in [0.25, 0.3) is 0 Å². The SMILES string of the molecule is COc1ccc(OC)c(C(=O)Cc2ccccc2Br)c1. The molecule has 20 heavy (non-hydrogen) atoms. The van der Waals surface area contributed by atoms with Crippen LogP contribution in [0, 0.1) is 0 Å². The average Bonchev–Trinajstić information content (AvgIpc) is 2.48. The van der Waals surface area contributed by atoms with Crippen molar-refractivity contribution in [1.29, 1.82) is 0 Å². The van der Waals surface area contributed by atoms with Crippen molar-refractivity contribution in [2.75, 3.05) is 14.2 Å². The highest BCUT2D eigenvalue weighted by Crippen LogP contribution is 2.26. The van der Waals surface area contributed by atoms with E-state index in [0.717, 1.165) is 10.0 Å². The molecule has 0 N–H and O–H groups in total. The lowest BCUT2D eigenvalue weighted by Gasteiger charge is -2.10. The Hall–Kier alpha value is -1.81. The monoisotopic (exact) mass is 334 g/mol. The molecule has 3 nitrogen and oxygen atoms in total. The lowest BCUT2D eigenvalue weighted by atomic mass is 10.0. The fourth-order valence-electron chi connectivity index (χ4n) is 1.94. The maximum Gasteiger partial charge on any atom is 0.171 e. The van der Waals surface area contributed by atoms with Gasteiger partial charge < -0.3 is 9.47 Å². The van der Waals surface area contributed by atoms with E-state index < -0.39 is 0 Å². The minimum atomic E-state index is -0.00681. The smallest absolute Gasteiger partial charge is 0.171 e. The van der Waals surface area contributed by atoms with E-state index in [1.54, 1.807) is 32.4 Å². The van der Waals surface area contributed by atoms with Crippen LogP contribution in [0.4, 0.5) is 0 Å². The molecule has 2 rings (SSSR count). The third kappa shape index (κ3) is 3.20. The van der Waals surface area contributed by atoms with Crippen LogP contribution in [0.15, 0.2) is 46.9 Å². The van der Waals surface area contributed by atoms with Gasteiger partial charge in [0, 0.05) is 10.9 Å². The Morgan fingerprint density at radius 1 is 1.10 bits per heavy atom. The molecular weight excluding hydrogens is 320 g/mol. The van der Waals surface area contributed by atoms with E-state index in [0.29, 0.717) is 23.5 Å². The van der Waals surface area contributed by atoms with Crippen molar-refractivity contribution in [3.63, 3.8) is 0 Å². The van der Waals surface area contributed by atoms with E-state index in [1.165, 1.54) is 0 Å². The number of rotatable bonds is 5. The fourth-order valence-corrected chi connectivity index (χ4v) is 2.37. The lowest BCUT2D eigenvalue weighted by molar-refractivity contribution is 0.0989. The molecule has 2 aromatic carbocycles. The van der Waals surface area contributed by atoms with Crippen LogP contribution in [0.3, 0.4) is 0 Å². The molecule has 4 heteroatoms. The predicted octanol–water partition coefficient (Wildman–Crippen LogP) is 3.89. The Labute approximate surface area is 126 Å². The van der Waals surface area contributed by atoms with E-state index in [9.17, 15) is 4.79 Å². The molecule has 0 fully saturated rings. The second-order valence-corrected chi connectivity index (χ2v) is 5.11. The number of hydrogen-bond acceptors (Lipinski definition) is 3. The molecule has 0 spiro atoms. The molecule has 0 unspecified atom stereocenters. The summed E-state index contributed by atoms with van der Waals surface area (Å²) in [5.74, 6) is 1.19. The van der Waals surface area contributed by atoms with Crippen LogP contribution < -0.4 is 9.47 Å². The third-order valence-corrected chi connectivity index (χ3v) is 3.79. The van der Waals surface area contributed by atoms with Crippen molar-refractivity contribution in [1.82, 2.24) is 0 Å². The Bertz CT molecular complexity index is 623. The number of Topliss-reactive ketones (excluding diaryl/α,β-unsaturated/α-hetero) is 1. The maximum absolute atomic E-state index is 12.5. The third-order valence-electron chi connectivity index (χ3n) is 3.02. The first-order chi connectivity index (χ1) is 9.65. The van der Waals surface area contributed by atoms with Gasteiger partial charge in [-0.25, -0.2) is 0 Å². The molecule has 0 aliphatic heterocycles. The second kappa shape index (κ2) is 6.57. The Kier molecular flexibility index (Phi) is 4.79. The van der Waals surface area contributed by atoms with Gasteiger partial charge in [-0.05, 0) is 29.8 Å². The number of carbonyl (C=O) groups excluding carboxylic acids is 1. The number of methoxy groups -OCH3 is 2. The van der Waals surface area contributed by atoms with Crippen molar-refractivity contribution >= 4 is 21.7 Å². The molecule has 0 aromatic heterocycles. The maximum atomic E-state index is 12.5. The quantitative estimate of drug-likeness (QED) is 0.778. The number of benzene rings is 2. The van der Waals surface area contributed by atoms with E-state index in [2.05, 4.69) is 15.9 Å². The Morgan fingerprint density at radius 2 is 1.85 bits per heavy atom. The van der Waals surface area contributed by atoms with Crippen LogP contribution in [0.1, 0.15) is 15.9 Å². The highest BCUT2D eigenvalue weighted by Gasteiger charge is 2.15. The molecule has 104 valence electrons. The van der Waals surface area contributed by atoms with Crippen LogP contribution in [0.5, 0.6) is 11.5 Å². The van der Waals surface area contributed by atoms with Crippen LogP contribution in [0.2, 0.25) is 0 Å². The first-order valence-corrected chi connectivity index (χ1v) is 6.93. The van der Waals surface area contributed by atoms with Crippen LogP contribution >= 0.6 is 15.9 Å². The van der Waals surface area contributed by atoms with Gasteiger partial charge in [0.15, 0.2) is 5.78 Å². The zero-order valence-corrected chi connectivity index (χ0v) is 12.9. The standard InChI is InChI=1S/C16H15BrO3/c1-19-12-7-8-16(20-2)13(10-12)15(18)9-11-5-3-4-6-14(11)17/h3-8,10H,9H2,1-2H3. The van der Waals surface area contributed by atoms with E-state index in [-0.39, 0.29) is 5.78 Å². The van der Waals surface area contributed by atoms with Gasteiger partial charge in [0.05, 0.1) is 19.8 Å².